The van der Waals surface area contributed by atoms with E-state index in [-0.39, 0.29) is 0 Å². The van der Waals surface area contributed by atoms with Gasteiger partial charge in [-0.1, -0.05) is 0 Å². The maximum Gasteiger partial charge on any atom is 0.136 e. The number of hydrogen-bond acceptors (Lipinski definition) is 3. The summed E-state index contributed by atoms with van der Waals surface area (Å²) in [4.78, 5) is 0. The SMILES string of the molecule is CC(C)=NNC(C)O. The summed E-state index contributed by atoms with van der Waals surface area (Å²) >= 11 is 0. The third-order valence-electron chi connectivity index (χ3n) is 0.475. The molecule has 0 spiro atoms. The predicted octanol–water partition coefficient (Wildman–Crippen LogP) is 0.310. The molecule has 48 valence electrons. The van der Waals surface area contributed by atoms with Gasteiger partial charge < -0.3 is 5.11 Å². The normalized spacial score (nSPS) is 12.5. The highest BCUT2D eigenvalue weighted by atomic mass is 16.3. The van der Waals surface area contributed by atoms with Crippen LogP contribution in [0.4, 0.5) is 0 Å². The van der Waals surface area contributed by atoms with Gasteiger partial charge in [-0.05, 0) is 20.8 Å². The van der Waals surface area contributed by atoms with Gasteiger partial charge in [0.1, 0.15) is 6.23 Å². The average molecular weight is 116 g/mol. The summed E-state index contributed by atoms with van der Waals surface area (Å²) in [6, 6.07) is 0. The van der Waals surface area contributed by atoms with E-state index in [1.54, 1.807) is 6.92 Å². The Kier molecular flexibility index (Phi) is 3.19. The van der Waals surface area contributed by atoms with Gasteiger partial charge in [0.2, 0.25) is 0 Å². The van der Waals surface area contributed by atoms with Crippen molar-refractivity contribution in [2.24, 2.45) is 5.10 Å². The fourth-order valence-electron chi connectivity index (χ4n) is 0.223. The van der Waals surface area contributed by atoms with Crippen molar-refractivity contribution in [3.05, 3.63) is 0 Å². The number of hydrazone groups is 1. The van der Waals surface area contributed by atoms with E-state index in [9.17, 15) is 0 Å². The van der Waals surface area contributed by atoms with Crippen LogP contribution in [0.15, 0.2) is 5.10 Å². The van der Waals surface area contributed by atoms with Crippen molar-refractivity contribution in [1.82, 2.24) is 5.43 Å². The second kappa shape index (κ2) is 3.43. The van der Waals surface area contributed by atoms with Gasteiger partial charge in [0, 0.05) is 5.71 Å². The van der Waals surface area contributed by atoms with Gasteiger partial charge in [0.25, 0.3) is 0 Å². The largest absolute Gasteiger partial charge is 0.373 e. The second-order valence-electron chi connectivity index (χ2n) is 1.86. The van der Waals surface area contributed by atoms with Crippen LogP contribution in [-0.4, -0.2) is 17.0 Å². The number of aliphatic hydroxyl groups excluding tert-OH is 1. The maximum absolute atomic E-state index is 8.58. The lowest BCUT2D eigenvalue weighted by Gasteiger charge is -2.01. The van der Waals surface area contributed by atoms with Crippen LogP contribution in [0.1, 0.15) is 20.8 Å². The molecule has 8 heavy (non-hydrogen) atoms. The quantitative estimate of drug-likeness (QED) is 0.310. The molecular weight excluding hydrogens is 104 g/mol. The van der Waals surface area contributed by atoms with Crippen molar-refractivity contribution in [1.29, 1.82) is 0 Å². The Morgan fingerprint density at radius 3 is 2.25 bits per heavy atom. The molecule has 0 radical (unpaired) electrons. The number of aliphatic hydroxyl groups is 1. The molecule has 0 saturated heterocycles. The van der Waals surface area contributed by atoms with Crippen molar-refractivity contribution in [3.8, 4) is 0 Å². The average Bonchev–Trinajstić information content (AvgIpc) is 1.61. The Morgan fingerprint density at radius 2 is 2.12 bits per heavy atom. The molecule has 0 aromatic rings. The third-order valence-corrected chi connectivity index (χ3v) is 0.475. The first-order chi connectivity index (χ1) is 3.63. The van der Waals surface area contributed by atoms with Crippen molar-refractivity contribution in [2.75, 3.05) is 0 Å². The van der Waals surface area contributed by atoms with Crippen LogP contribution >= 0.6 is 0 Å². The molecular formula is C5H12N2O. The Balaban J connectivity index is 3.29. The van der Waals surface area contributed by atoms with Crippen LogP contribution in [0, 0.1) is 0 Å². The molecule has 3 nitrogen and oxygen atoms in total. The first-order valence-electron chi connectivity index (χ1n) is 2.57. The van der Waals surface area contributed by atoms with Gasteiger partial charge in [-0.3, -0.25) is 5.43 Å². The van der Waals surface area contributed by atoms with Crippen LogP contribution < -0.4 is 5.43 Å². The monoisotopic (exact) mass is 116 g/mol. The maximum atomic E-state index is 8.58. The Bertz CT molecular complexity index is 84.4. The van der Waals surface area contributed by atoms with Gasteiger partial charge >= 0.3 is 0 Å². The molecule has 3 heteroatoms. The summed E-state index contributed by atoms with van der Waals surface area (Å²) in [5, 5.41) is 12.3. The van der Waals surface area contributed by atoms with E-state index in [0.29, 0.717) is 0 Å². The fourth-order valence-corrected chi connectivity index (χ4v) is 0.223. The molecule has 0 bridgehead atoms. The van der Waals surface area contributed by atoms with Gasteiger partial charge in [0.05, 0.1) is 0 Å². The second-order valence-corrected chi connectivity index (χ2v) is 1.86. The predicted molar refractivity (Wildman–Crippen MR) is 33.6 cm³/mol. The highest BCUT2D eigenvalue weighted by molar-refractivity contribution is 5.78. The lowest BCUT2D eigenvalue weighted by Crippen LogP contribution is -2.19. The lowest BCUT2D eigenvalue weighted by atomic mass is 10.5. The zero-order valence-corrected chi connectivity index (χ0v) is 5.47. The first kappa shape index (κ1) is 7.43. The van der Waals surface area contributed by atoms with Crippen molar-refractivity contribution in [2.45, 2.75) is 27.0 Å². The highest BCUT2D eigenvalue weighted by Crippen LogP contribution is 1.73. The molecule has 0 fully saturated rings. The minimum Gasteiger partial charge on any atom is -0.373 e. The molecule has 1 atom stereocenters. The summed E-state index contributed by atoms with van der Waals surface area (Å²) in [6.07, 6.45) is -0.551. The zero-order valence-electron chi connectivity index (χ0n) is 5.47. The lowest BCUT2D eigenvalue weighted by molar-refractivity contribution is 0.159. The number of nitrogens with one attached hydrogen (secondary N) is 1. The minimum absolute atomic E-state index is 0.551. The van der Waals surface area contributed by atoms with E-state index in [0.717, 1.165) is 5.71 Å². The van der Waals surface area contributed by atoms with E-state index in [2.05, 4.69) is 10.5 Å². The van der Waals surface area contributed by atoms with E-state index in [4.69, 9.17) is 5.11 Å². The molecule has 0 aliphatic rings. The van der Waals surface area contributed by atoms with Gasteiger partial charge in [-0.15, -0.1) is 0 Å². The standard InChI is InChI=1S/C5H12N2O/c1-4(2)6-7-5(3)8/h5,7-8H,1-3H3. The van der Waals surface area contributed by atoms with Crippen LogP contribution in [0.3, 0.4) is 0 Å². The molecule has 1 unspecified atom stereocenters. The molecule has 0 saturated carbocycles. The minimum atomic E-state index is -0.551. The third kappa shape index (κ3) is 5.43. The summed E-state index contributed by atoms with van der Waals surface area (Å²) in [5.41, 5.74) is 3.40. The van der Waals surface area contributed by atoms with Gasteiger partial charge in [0.15, 0.2) is 0 Å². The summed E-state index contributed by atoms with van der Waals surface area (Å²) in [5.74, 6) is 0. The van der Waals surface area contributed by atoms with Gasteiger partial charge in [-0.2, -0.15) is 5.10 Å². The zero-order chi connectivity index (χ0) is 6.57. The molecule has 0 heterocycles. The summed E-state index contributed by atoms with van der Waals surface area (Å²) in [6.45, 7) is 5.33. The highest BCUT2D eigenvalue weighted by Gasteiger charge is 1.85. The van der Waals surface area contributed by atoms with E-state index >= 15 is 0 Å². The topological polar surface area (TPSA) is 44.6 Å². The Morgan fingerprint density at radius 1 is 1.62 bits per heavy atom. The van der Waals surface area contributed by atoms with Crippen LogP contribution in [-0.2, 0) is 0 Å². The van der Waals surface area contributed by atoms with Crippen molar-refractivity contribution in [3.63, 3.8) is 0 Å². The molecule has 0 amide bonds. The first-order valence-corrected chi connectivity index (χ1v) is 2.57. The van der Waals surface area contributed by atoms with Crippen LogP contribution in [0.25, 0.3) is 0 Å². The molecule has 0 aliphatic heterocycles. The fraction of sp³-hybridized carbons (Fsp3) is 0.800. The molecule has 0 aromatic heterocycles. The smallest absolute Gasteiger partial charge is 0.136 e. The number of nitrogens with zero attached hydrogens (tertiary/aromatic N) is 1. The number of rotatable bonds is 2. The molecule has 2 N–H and O–H groups in total. The molecule has 0 aromatic carbocycles. The van der Waals surface area contributed by atoms with Crippen LogP contribution in [0.2, 0.25) is 0 Å². The van der Waals surface area contributed by atoms with E-state index < -0.39 is 6.23 Å². The van der Waals surface area contributed by atoms with Gasteiger partial charge in [-0.25, -0.2) is 0 Å². The summed E-state index contributed by atoms with van der Waals surface area (Å²) in [7, 11) is 0. The van der Waals surface area contributed by atoms with Crippen molar-refractivity contribution < 1.29 is 5.11 Å². The Labute approximate surface area is 49.4 Å². The van der Waals surface area contributed by atoms with Crippen LogP contribution in [0.5, 0.6) is 0 Å². The van der Waals surface area contributed by atoms with E-state index in [1.807, 2.05) is 13.8 Å². The molecule has 0 aliphatic carbocycles. The van der Waals surface area contributed by atoms with E-state index in [1.165, 1.54) is 0 Å². The summed E-state index contributed by atoms with van der Waals surface area (Å²) < 4.78 is 0. The number of hydrogen-bond donors (Lipinski definition) is 2. The Hall–Kier alpha value is -0.570. The van der Waals surface area contributed by atoms with Crippen molar-refractivity contribution >= 4 is 5.71 Å². The molecule has 0 rings (SSSR count).